The monoisotopic (exact) mass is 493 g/mol. The average Bonchev–Trinajstić information content (AvgIpc) is 2.70. The molecule has 33 heavy (non-hydrogen) atoms. The molecule has 0 aliphatic heterocycles. The summed E-state index contributed by atoms with van der Waals surface area (Å²) in [5.74, 6) is -0.787. The Balaban J connectivity index is 2.32. The van der Waals surface area contributed by atoms with Crippen molar-refractivity contribution in [2.24, 2.45) is 0 Å². The molecule has 0 heterocycles. The smallest absolute Gasteiger partial charge is 0.244 e. The summed E-state index contributed by atoms with van der Waals surface area (Å²) in [5, 5.41) is 3.25. The molecular formula is C24H32ClN3O4S. The SMILES string of the molecule is C[C@@H](C(=O)NC(C)(C)C)N(CCc1ccccc1)C(=O)CN(c1cccc(Cl)c1)S(C)(=O)=O. The van der Waals surface area contributed by atoms with Gasteiger partial charge in [0.1, 0.15) is 12.6 Å². The lowest BCUT2D eigenvalue weighted by Gasteiger charge is -2.33. The molecule has 0 aromatic heterocycles. The van der Waals surface area contributed by atoms with Crippen LogP contribution in [0.25, 0.3) is 0 Å². The van der Waals surface area contributed by atoms with Crippen molar-refractivity contribution in [2.45, 2.75) is 45.7 Å². The fourth-order valence-electron chi connectivity index (χ4n) is 3.29. The quantitative estimate of drug-likeness (QED) is 0.579. The van der Waals surface area contributed by atoms with E-state index in [4.69, 9.17) is 11.6 Å². The van der Waals surface area contributed by atoms with E-state index in [-0.39, 0.29) is 18.1 Å². The number of hydrogen-bond donors (Lipinski definition) is 1. The van der Waals surface area contributed by atoms with Gasteiger partial charge in [0.2, 0.25) is 21.8 Å². The molecule has 2 rings (SSSR count). The van der Waals surface area contributed by atoms with Gasteiger partial charge in [-0.15, -0.1) is 0 Å². The van der Waals surface area contributed by atoms with Crippen LogP contribution in [0, 0.1) is 0 Å². The van der Waals surface area contributed by atoms with Crippen LogP contribution in [0.2, 0.25) is 5.02 Å². The third-order valence-electron chi connectivity index (χ3n) is 4.93. The highest BCUT2D eigenvalue weighted by molar-refractivity contribution is 7.92. The van der Waals surface area contributed by atoms with Gasteiger partial charge in [-0.2, -0.15) is 0 Å². The molecule has 9 heteroatoms. The van der Waals surface area contributed by atoms with Gasteiger partial charge in [0, 0.05) is 17.1 Å². The van der Waals surface area contributed by atoms with Crippen molar-refractivity contribution in [2.75, 3.05) is 23.7 Å². The summed E-state index contributed by atoms with van der Waals surface area (Å²) in [7, 11) is -3.78. The highest BCUT2D eigenvalue weighted by Crippen LogP contribution is 2.22. The second kappa shape index (κ2) is 11.0. The van der Waals surface area contributed by atoms with Crippen molar-refractivity contribution < 1.29 is 18.0 Å². The maximum Gasteiger partial charge on any atom is 0.244 e. The Morgan fingerprint density at radius 1 is 1.06 bits per heavy atom. The maximum absolute atomic E-state index is 13.4. The van der Waals surface area contributed by atoms with Gasteiger partial charge in [-0.25, -0.2) is 8.42 Å². The zero-order valence-electron chi connectivity index (χ0n) is 19.7. The van der Waals surface area contributed by atoms with E-state index >= 15 is 0 Å². The van der Waals surface area contributed by atoms with Crippen LogP contribution in [-0.4, -0.2) is 56.1 Å². The Morgan fingerprint density at radius 3 is 2.24 bits per heavy atom. The number of sulfonamides is 1. The molecule has 2 aromatic carbocycles. The molecule has 0 unspecified atom stereocenters. The zero-order valence-corrected chi connectivity index (χ0v) is 21.3. The van der Waals surface area contributed by atoms with E-state index in [1.54, 1.807) is 25.1 Å². The minimum absolute atomic E-state index is 0.259. The van der Waals surface area contributed by atoms with Crippen LogP contribution in [0.5, 0.6) is 0 Å². The molecule has 0 fully saturated rings. The first-order valence-corrected chi connectivity index (χ1v) is 12.9. The van der Waals surface area contributed by atoms with E-state index in [1.165, 1.54) is 11.0 Å². The summed E-state index contributed by atoms with van der Waals surface area (Å²) in [6.07, 6.45) is 1.56. The van der Waals surface area contributed by atoms with Gasteiger partial charge >= 0.3 is 0 Å². The van der Waals surface area contributed by atoms with Crippen LogP contribution in [0.4, 0.5) is 5.69 Å². The largest absolute Gasteiger partial charge is 0.350 e. The number of hydrogen-bond acceptors (Lipinski definition) is 4. The number of benzene rings is 2. The van der Waals surface area contributed by atoms with E-state index in [1.807, 2.05) is 51.1 Å². The van der Waals surface area contributed by atoms with Crippen molar-refractivity contribution in [1.82, 2.24) is 10.2 Å². The molecule has 0 aliphatic rings. The number of halogens is 1. The molecule has 0 radical (unpaired) electrons. The maximum atomic E-state index is 13.4. The topological polar surface area (TPSA) is 86.8 Å². The molecule has 0 bridgehead atoms. The van der Waals surface area contributed by atoms with Crippen molar-refractivity contribution in [3.05, 3.63) is 65.2 Å². The van der Waals surface area contributed by atoms with Crippen molar-refractivity contribution in [3.63, 3.8) is 0 Å². The lowest BCUT2D eigenvalue weighted by molar-refractivity contribution is -0.139. The minimum Gasteiger partial charge on any atom is -0.350 e. The molecule has 0 spiro atoms. The molecule has 1 atom stereocenters. The second-order valence-electron chi connectivity index (χ2n) is 8.99. The Kier molecular flexibility index (Phi) is 8.91. The summed E-state index contributed by atoms with van der Waals surface area (Å²) in [4.78, 5) is 27.7. The summed E-state index contributed by atoms with van der Waals surface area (Å²) in [6.45, 7) is 7.04. The lowest BCUT2D eigenvalue weighted by atomic mass is 10.1. The Hall–Kier alpha value is -2.58. The zero-order chi connectivity index (χ0) is 24.8. The number of nitrogens with zero attached hydrogens (tertiary/aromatic N) is 2. The van der Waals surface area contributed by atoms with Gasteiger partial charge in [-0.05, 0) is 57.9 Å². The van der Waals surface area contributed by atoms with E-state index in [0.29, 0.717) is 11.4 Å². The van der Waals surface area contributed by atoms with Gasteiger partial charge in [0.05, 0.1) is 11.9 Å². The molecule has 7 nitrogen and oxygen atoms in total. The van der Waals surface area contributed by atoms with Crippen molar-refractivity contribution in [1.29, 1.82) is 0 Å². The first-order valence-electron chi connectivity index (χ1n) is 10.7. The standard InChI is InChI=1S/C24H32ClN3O4S/c1-18(23(30)26-24(2,3)4)27(15-14-19-10-7-6-8-11-19)22(29)17-28(33(5,31)32)21-13-9-12-20(25)16-21/h6-13,16,18H,14-15,17H2,1-5H3,(H,26,30)/t18-/m0/s1. The molecule has 0 saturated carbocycles. The van der Waals surface area contributed by atoms with Crippen LogP contribution < -0.4 is 9.62 Å². The first kappa shape index (κ1) is 26.7. The highest BCUT2D eigenvalue weighted by Gasteiger charge is 2.31. The Labute approximate surface area is 201 Å². The predicted octanol–water partition coefficient (Wildman–Crippen LogP) is 3.48. The molecular weight excluding hydrogens is 462 g/mol. The number of nitrogens with one attached hydrogen (secondary N) is 1. The first-order chi connectivity index (χ1) is 15.3. The van der Waals surface area contributed by atoms with Crippen LogP contribution >= 0.6 is 11.6 Å². The molecule has 0 saturated heterocycles. The van der Waals surface area contributed by atoms with Crippen molar-refractivity contribution in [3.8, 4) is 0 Å². The van der Waals surface area contributed by atoms with Crippen LogP contribution in [0.15, 0.2) is 54.6 Å². The van der Waals surface area contributed by atoms with Crippen molar-refractivity contribution >= 4 is 39.1 Å². The summed E-state index contributed by atoms with van der Waals surface area (Å²) in [5.41, 5.74) is 0.820. The summed E-state index contributed by atoms with van der Waals surface area (Å²) >= 11 is 6.04. The van der Waals surface area contributed by atoms with Gasteiger partial charge in [-0.3, -0.25) is 13.9 Å². The van der Waals surface area contributed by atoms with Crippen LogP contribution in [0.1, 0.15) is 33.3 Å². The summed E-state index contributed by atoms with van der Waals surface area (Å²) in [6, 6.07) is 15.1. The lowest BCUT2D eigenvalue weighted by Crippen LogP contribution is -2.55. The van der Waals surface area contributed by atoms with E-state index in [2.05, 4.69) is 5.32 Å². The minimum atomic E-state index is -3.78. The molecule has 2 aromatic rings. The van der Waals surface area contributed by atoms with E-state index < -0.39 is 34.1 Å². The number of carbonyl (C=O) groups excluding carboxylic acids is 2. The normalized spacial score (nSPS) is 12.7. The molecule has 180 valence electrons. The van der Waals surface area contributed by atoms with Gasteiger partial charge in [0.15, 0.2) is 0 Å². The van der Waals surface area contributed by atoms with E-state index in [9.17, 15) is 18.0 Å². The van der Waals surface area contributed by atoms with Crippen LogP contribution in [0.3, 0.4) is 0 Å². The molecule has 2 amide bonds. The Bertz CT molecular complexity index is 1070. The second-order valence-corrected chi connectivity index (χ2v) is 11.3. The fraction of sp³-hybridized carbons (Fsp3) is 0.417. The highest BCUT2D eigenvalue weighted by atomic mass is 35.5. The predicted molar refractivity (Wildman–Crippen MR) is 133 cm³/mol. The van der Waals surface area contributed by atoms with Gasteiger partial charge in [-0.1, -0.05) is 48.0 Å². The summed E-state index contributed by atoms with van der Waals surface area (Å²) < 4.78 is 26.0. The average molecular weight is 494 g/mol. The van der Waals surface area contributed by atoms with Crippen LogP contribution in [-0.2, 0) is 26.0 Å². The fourth-order valence-corrected chi connectivity index (χ4v) is 4.32. The Morgan fingerprint density at radius 2 is 1.70 bits per heavy atom. The number of rotatable bonds is 9. The molecule has 1 N–H and O–H groups in total. The molecule has 0 aliphatic carbocycles. The number of anilines is 1. The number of amides is 2. The van der Waals surface area contributed by atoms with Gasteiger partial charge < -0.3 is 10.2 Å². The third kappa shape index (κ3) is 8.37. The third-order valence-corrected chi connectivity index (χ3v) is 6.30. The van der Waals surface area contributed by atoms with Gasteiger partial charge in [0.25, 0.3) is 0 Å². The number of carbonyl (C=O) groups is 2. The van der Waals surface area contributed by atoms with E-state index in [0.717, 1.165) is 16.1 Å².